The molecule has 2 aromatic rings. The number of rotatable bonds is 4. The second-order valence-electron chi connectivity index (χ2n) is 7.31. The van der Waals surface area contributed by atoms with Crippen molar-refractivity contribution in [2.75, 3.05) is 21.3 Å². The maximum atomic E-state index is 12.5. The summed E-state index contributed by atoms with van der Waals surface area (Å²) >= 11 is 0. The normalized spacial score (nSPS) is 22.7. The number of carbonyl (C=O) groups is 1. The lowest BCUT2D eigenvalue weighted by Crippen LogP contribution is -2.32. The van der Waals surface area contributed by atoms with Crippen LogP contribution in [0.3, 0.4) is 0 Å². The van der Waals surface area contributed by atoms with Crippen LogP contribution in [0.5, 0.6) is 11.5 Å². The molecule has 146 valence electrons. The largest absolute Gasteiger partial charge is 0.508 e. The highest BCUT2D eigenvalue weighted by Gasteiger charge is 2.43. The zero-order valence-corrected chi connectivity index (χ0v) is 16.3. The van der Waals surface area contributed by atoms with E-state index in [2.05, 4.69) is 12.1 Å². The Kier molecular flexibility index (Phi) is 4.75. The molecule has 0 radical (unpaired) electrons. The summed E-state index contributed by atoms with van der Waals surface area (Å²) in [6.45, 7) is 0. The molecule has 3 atom stereocenters. The second-order valence-corrected chi connectivity index (χ2v) is 7.31. The van der Waals surface area contributed by atoms with Gasteiger partial charge in [0.15, 0.2) is 11.5 Å². The Balaban J connectivity index is 1.93. The standard InChI is InChI=1S/C23H24O5/c1-26-20-12-17-19(24)11-16(23(25)28-3)15-9-14(13-7-5-4-6-8-13)10-18(21(15)17)22(20)27-2/h4-8,11-12,14-16,24H,9-10H2,1-3H3/t14-,15+,16+/m0/s1. The Morgan fingerprint density at radius 1 is 1.11 bits per heavy atom. The summed E-state index contributed by atoms with van der Waals surface area (Å²) < 4.78 is 16.3. The summed E-state index contributed by atoms with van der Waals surface area (Å²) in [5.41, 5.74) is 3.90. The van der Waals surface area contributed by atoms with E-state index in [0.717, 1.165) is 24.0 Å². The Morgan fingerprint density at radius 3 is 2.50 bits per heavy atom. The fourth-order valence-corrected chi connectivity index (χ4v) is 4.73. The van der Waals surface area contributed by atoms with Gasteiger partial charge >= 0.3 is 5.97 Å². The maximum absolute atomic E-state index is 12.5. The van der Waals surface area contributed by atoms with Crippen molar-refractivity contribution in [3.63, 3.8) is 0 Å². The zero-order chi connectivity index (χ0) is 19.8. The average molecular weight is 380 g/mol. The van der Waals surface area contributed by atoms with Gasteiger partial charge in [-0.3, -0.25) is 4.79 Å². The first kappa shape index (κ1) is 18.4. The molecule has 5 heteroatoms. The number of carbonyl (C=O) groups excluding carboxylic acids is 1. The van der Waals surface area contributed by atoms with Gasteiger partial charge in [-0.1, -0.05) is 30.3 Å². The van der Waals surface area contributed by atoms with Crippen molar-refractivity contribution in [2.24, 2.45) is 5.92 Å². The van der Waals surface area contributed by atoms with Crippen LogP contribution in [0, 0.1) is 5.92 Å². The molecule has 0 saturated heterocycles. The molecule has 2 aliphatic rings. The molecule has 2 aromatic carbocycles. The van der Waals surface area contributed by atoms with Crippen molar-refractivity contribution in [1.82, 2.24) is 0 Å². The van der Waals surface area contributed by atoms with Gasteiger partial charge in [0.25, 0.3) is 0 Å². The molecule has 0 aliphatic heterocycles. The van der Waals surface area contributed by atoms with E-state index in [9.17, 15) is 9.90 Å². The summed E-state index contributed by atoms with van der Waals surface area (Å²) in [6, 6.07) is 12.1. The molecule has 0 spiro atoms. The van der Waals surface area contributed by atoms with Crippen LogP contribution >= 0.6 is 0 Å². The number of hydrogen-bond acceptors (Lipinski definition) is 5. The molecule has 0 bridgehead atoms. The van der Waals surface area contributed by atoms with E-state index in [1.54, 1.807) is 26.4 Å². The summed E-state index contributed by atoms with van der Waals surface area (Å²) in [5, 5.41) is 10.7. The van der Waals surface area contributed by atoms with E-state index >= 15 is 0 Å². The first-order valence-corrected chi connectivity index (χ1v) is 9.40. The third kappa shape index (κ3) is 2.82. The molecule has 5 nitrogen and oxygen atoms in total. The fraction of sp³-hybridized carbons (Fsp3) is 0.348. The van der Waals surface area contributed by atoms with Gasteiger partial charge in [-0.25, -0.2) is 0 Å². The lowest BCUT2D eigenvalue weighted by molar-refractivity contribution is -0.144. The predicted octanol–water partition coefficient (Wildman–Crippen LogP) is 4.22. The van der Waals surface area contributed by atoms with Crippen LogP contribution < -0.4 is 9.47 Å². The molecule has 0 fully saturated rings. The topological polar surface area (TPSA) is 65.0 Å². The number of aliphatic hydroxyl groups excluding tert-OH is 1. The number of methoxy groups -OCH3 is 3. The van der Waals surface area contributed by atoms with Gasteiger partial charge in [0, 0.05) is 17.0 Å². The zero-order valence-electron chi connectivity index (χ0n) is 16.3. The van der Waals surface area contributed by atoms with Crippen molar-refractivity contribution in [3.8, 4) is 11.5 Å². The molecular weight excluding hydrogens is 356 g/mol. The number of hydrogen-bond donors (Lipinski definition) is 1. The van der Waals surface area contributed by atoms with E-state index in [0.29, 0.717) is 17.1 Å². The summed E-state index contributed by atoms with van der Waals surface area (Å²) in [7, 11) is 4.60. The molecule has 28 heavy (non-hydrogen) atoms. The maximum Gasteiger partial charge on any atom is 0.313 e. The van der Waals surface area contributed by atoms with Crippen LogP contribution in [0.15, 0.2) is 42.5 Å². The Morgan fingerprint density at radius 2 is 1.86 bits per heavy atom. The third-order valence-corrected chi connectivity index (χ3v) is 5.96. The molecular formula is C23H24O5. The first-order chi connectivity index (χ1) is 13.6. The monoisotopic (exact) mass is 380 g/mol. The van der Waals surface area contributed by atoms with Crippen molar-refractivity contribution >= 4 is 11.7 Å². The van der Waals surface area contributed by atoms with Crippen molar-refractivity contribution < 1.29 is 24.1 Å². The fourth-order valence-electron chi connectivity index (χ4n) is 4.73. The quantitative estimate of drug-likeness (QED) is 0.805. The molecule has 0 unspecified atom stereocenters. The third-order valence-electron chi connectivity index (χ3n) is 5.96. The van der Waals surface area contributed by atoms with E-state index in [1.807, 2.05) is 18.2 Å². The van der Waals surface area contributed by atoms with Crippen LogP contribution in [0.2, 0.25) is 0 Å². The molecule has 4 rings (SSSR count). The number of benzene rings is 2. The van der Waals surface area contributed by atoms with E-state index in [1.165, 1.54) is 12.7 Å². The highest BCUT2D eigenvalue weighted by atomic mass is 16.5. The molecule has 0 aromatic heterocycles. The molecule has 0 amide bonds. The highest BCUT2D eigenvalue weighted by Crippen LogP contribution is 2.54. The molecule has 0 saturated carbocycles. The van der Waals surface area contributed by atoms with Crippen LogP contribution in [0.1, 0.15) is 40.5 Å². The van der Waals surface area contributed by atoms with Gasteiger partial charge in [-0.05, 0) is 42.0 Å². The summed E-state index contributed by atoms with van der Waals surface area (Å²) in [6.07, 6.45) is 3.16. The molecule has 0 heterocycles. The summed E-state index contributed by atoms with van der Waals surface area (Å²) in [4.78, 5) is 12.5. The predicted molar refractivity (Wildman–Crippen MR) is 106 cm³/mol. The van der Waals surface area contributed by atoms with Crippen molar-refractivity contribution in [2.45, 2.75) is 24.7 Å². The minimum Gasteiger partial charge on any atom is -0.508 e. The summed E-state index contributed by atoms with van der Waals surface area (Å²) in [5.74, 6) is 0.616. The average Bonchev–Trinajstić information content (AvgIpc) is 2.75. The second kappa shape index (κ2) is 7.23. The SMILES string of the molecule is COC(=O)[C@@H]1C=C(O)c2cc(OC)c(OC)c3c2[C@@H]1C[C@H](c1ccccc1)C3. The minimum absolute atomic E-state index is 0.0852. The van der Waals surface area contributed by atoms with Gasteiger partial charge in [0.1, 0.15) is 5.76 Å². The molecule has 2 aliphatic carbocycles. The Labute approximate surface area is 164 Å². The number of esters is 1. The highest BCUT2D eigenvalue weighted by molar-refractivity contribution is 5.83. The van der Waals surface area contributed by atoms with Gasteiger partial charge in [-0.2, -0.15) is 0 Å². The Bertz CT molecular complexity index is 932. The van der Waals surface area contributed by atoms with Gasteiger partial charge in [0.2, 0.25) is 0 Å². The van der Waals surface area contributed by atoms with E-state index in [4.69, 9.17) is 14.2 Å². The van der Waals surface area contributed by atoms with Crippen LogP contribution in [-0.4, -0.2) is 32.4 Å². The smallest absolute Gasteiger partial charge is 0.313 e. The van der Waals surface area contributed by atoms with E-state index < -0.39 is 5.92 Å². The van der Waals surface area contributed by atoms with Crippen LogP contribution in [0.25, 0.3) is 5.76 Å². The van der Waals surface area contributed by atoms with Gasteiger partial charge < -0.3 is 19.3 Å². The lowest BCUT2D eigenvalue weighted by atomic mass is 9.65. The minimum atomic E-state index is -0.527. The van der Waals surface area contributed by atoms with E-state index in [-0.39, 0.29) is 23.6 Å². The lowest BCUT2D eigenvalue weighted by Gasteiger charge is -2.39. The molecule has 1 N–H and O–H groups in total. The Hall–Kier alpha value is -2.95. The van der Waals surface area contributed by atoms with Crippen LogP contribution in [-0.2, 0) is 16.0 Å². The van der Waals surface area contributed by atoms with Crippen LogP contribution in [0.4, 0.5) is 0 Å². The van der Waals surface area contributed by atoms with Crippen molar-refractivity contribution in [1.29, 1.82) is 0 Å². The first-order valence-electron chi connectivity index (χ1n) is 9.40. The van der Waals surface area contributed by atoms with Gasteiger partial charge in [-0.15, -0.1) is 0 Å². The van der Waals surface area contributed by atoms with Gasteiger partial charge in [0.05, 0.1) is 27.2 Å². The number of ether oxygens (including phenoxy) is 3. The number of aliphatic hydroxyl groups is 1. The van der Waals surface area contributed by atoms with Crippen molar-refractivity contribution in [3.05, 3.63) is 64.7 Å².